The minimum atomic E-state index is -0.466. The highest BCUT2D eigenvalue weighted by Crippen LogP contribution is 2.16. The number of amides is 1. The Morgan fingerprint density at radius 3 is 2.03 bits per heavy atom. The van der Waals surface area contributed by atoms with E-state index in [-0.39, 0.29) is 5.91 Å². The quantitative estimate of drug-likeness (QED) is 0.0715. The van der Waals surface area contributed by atoms with Crippen LogP contribution in [0.4, 0.5) is 0 Å². The van der Waals surface area contributed by atoms with Crippen LogP contribution in [0.2, 0.25) is 5.02 Å². The standard InChI is InChI=1S/C30H41ClN2O3/c1-2-3-4-5-6-7-8-9-10-11-12-13-14-18-29(34)33-32-24-25-16-15-17-28(23-25)36-30(35)26-19-21-27(31)22-20-26/h15-17,19-24H,2-14,18H2,1H3,(H,33,34)/b32-24+. The number of ether oxygens (including phenoxy) is 1. The summed E-state index contributed by atoms with van der Waals surface area (Å²) in [6.45, 7) is 2.26. The Hall–Kier alpha value is -2.66. The van der Waals surface area contributed by atoms with Crippen LogP contribution in [0.3, 0.4) is 0 Å². The Bertz CT molecular complexity index is 928. The molecule has 1 N–H and O–H groups in total. The average molecular weight is 513 g/mol. The second-order valence-corrected chi connectivity index (χ2v) is 9.69. The van der Waals surface area contributed by atoms with Crippen molar-refractivity contribution in [3.63, 3.8) is 0 Å². The number of esters is 1. The third kappa shape index (κ3) is 13.4. The summed E-state index contributed by atoms with van der Waals surface area (Å²) in [5.41, 5.74) is 3.71. The summed E-state index contributed by atoms with van der Waals surface area (Å²) in [6, 6.07) is 13.5. The largest absolute Gasteiger partial charge is 0.423 e. The molecule has 0 spiro atoms. The molecule has 0 saturated heterocycles. The number of halogens is 1. The molecule has 0 heterocycles. The lowest BCUT2D eigenvalue weighted by molar-refractivity contribution is -0.121. The summed E-state index contributed by atoms with van der Waals surface area (Å²) in [7, 11) is 0. The summed E-state index contributed by atoms with van der Waals surface area (Å²) in [5.74, 6) is -0.149. The normalized spacial score (nSPS) is 11.1. The highest BCUT2D eigenvalue weighted by Gasteiger charge is 2.08. The van der Waals surface area contributed by atoms with E-state index in [1.807, 2.05) is 6.07 Å². The first-order chi connectivity index (χ1) is 17.6. The maximum atomic E-state index is 12.2. The van der Waals surface area contributed by atoms with E-state index < -0.39 is 5.97 Å². The van der Waals surface area contributed by atoms with Gasteiger partial charge in [-0.3, -0.25) is 4.79 Å². The molecule has 2 rings (SSSR count). The molecule has 1 amide bonds. The molecule has 0 radical (unpaired) electrons. The van der Waals surface area contributed by atoms with Gasteiger partial charge >= 0.3 is 5.97 Å². The Morgan fingerprint density at radius 1 is 0.833 bits per heavy atom. The van der Waals surface area contributed by atoms with E-state index >= 15 is 0 Å². The van der Waals surface area contributed by atoms with Crippen molar-refractivity contribution in [1.29, 1.82) is 0 Å². The summed E-state index contributed by atoms with van der Waals surface area (Å²) < 4.78 is 5.41. The predicted molar refractivity (Wildman–Crippen MR) is 149 cm³/mol. The van der Waals surface area contributed by atoms with Gasteiger partial charge in [-0.05, 0) is 48.4 Å². The fraction of sp³-hybridized carbons (Fsp3) is 0.500. The summed E-state index contributed by atoms with van der Waals surface area (Å²) in [4.78, 5) is 24.3. The first-order valence-corrected chi connectivity index (χ1v) is 13.9. The number of nitrogens with one attached hydrogen (secondary N) is 1. The van der Waals surface area contributed by atoms with E-state index in [0.717, 1.165) is 18.4 Å². The molecular weight excluding hydrogens is 472 g/mol. The van der Waals surface area contributed by atoms with E-state index in [9.17, 15) is 9.59 Å². The van der Waals surface area contributed by atoms with Gasteiger partial charge in [0.1, 0.15) is 5.75 Å². The Kier molecular flexibility index (Phi) is 15.3. The van der Waals surface area contributed by atoms with E-state index in [1.165, 1.54) is 70.6 Å². The Morgan fingerprint density at radius 2 is 1.42 bits per heavy atom. The Balaban J connectivity index is 1.54. The molecule has 0 saturated carbocycles. The van der Waals surface area contributed by atoms with E-state index in [2.05, 4.69) is 17.5 Å². The van der Waals surface area contributed by atoms with Gasteiger partial charge in [-0.15, -0.1) is 0 Å². The molecule has 0 aliphatic rings. The lowest BCUT2D eigenvalue weighted by Gasteiger charge is -2.05. The number of carbonyl (C=O) groups is 2. The molecule has 36 heavy (non-hydrogen) atoms. The summed E-state index contributed by atoms with van der Waals surface area (Å²) >= 11 is 5.85. The minimum Gasteiger partial charge on any atom is -0.423 e. The van der Waals surface area contributed by atoms with Crippen LogP contribution < -0.4 is 10.2 Å². The van der Waals surface area contributed by atoms with Gasteiger partial charge in [-0.25, -0.2) is 10.2 Å². The topological polar surface area (TPSA) is 67.8 Å². The molecule has 5 nitrogen and oxygen atoms in total. The first kappa shape index (κ1) is 29.6. The van der Waals surface area contributed by atoms with Gasteiger partial charge in [-0.1, -0.05) is 108 Å². The molecule has 2 aromatic rings. The SMILES string of the molecule is CCCCCCCCCCCCCCCC(=O)N/N=C/c1cccc(OC(=O)c2ccc(Cl)cc2)c1. The average Bonchev–Trinajstić information content (AvgIpc) is 2.87. The van der Waals surface area contributed by atoms with Crippen LogP contribution in [0.1, 0.15) is 113 Å². The summed E-state index contributed by atoms with van der Waals surface area (Å²) in [6.07, 6.45) is 18.7. The molecule has 6 heteroatoms. The van der Waals surface area contributed by atoms with Crippen molar-refractivity contribution < 1.29 is 14.3 Å². The number of unbranched alkanes of at least 4 members (excludes halogenated alkanes) is 12. The van der Waals surface area contributed by atoms with Gasteiger partial charge in [0, 0.05) is 11.4 Å². The van der Waals surface area contributed by atoms with Crippen LogP contribution >= 0.6 is 11.6 Å². The van der Waals surface area contributed by atoms with Gasteiger partial charge in [0.15, 0.2) is 0 Å². The lowest BCUT2D eigenvalue weighted by atomic mass is 10.0. The fourth-order valence-electron chi connectivity index (χ4n) is 3.95. The van der Waals surface area contributed by atoms with Crippen molar-refractivity contribution in [2.45, 2.75) is 96.8 Å². The van der Waals surface area contributed by atoms with Crippen LogP contribution in [0.15, 0.2) is 53.6 Å². The fourth-order valence-corrected chi connectivity index (χ4v) is 4.07. The number of benzene rings is 2. The number of carbonyl (C=O) groups excluding carboxylic acids is 2. The molecular formula is C30H41ClN2O3. The Labute approximate surface area is 221 Å². The maximum Gasteiger partial charge on any atom is 0.343 e. The number of hydrogen-bond donors (Lipinski definition) is 1. The number of hydrogen-bond acceptors (Lipinski definition) is 4. The van der Waals surface area contributed by atoms with Crippen molar-refractivity contribution in [2.75, 3.05) is 0 Å². The van der Waals surface area contributed by atoms with Gasteiger partial charge in [0.2, 0.25) is 5.91 Å². The monoisotopic (exact) mass is 512 g/mol. The smallest absolute Gasteiger partial charge is 0.343 e. The van der Waals surface area contributed by atoms with Crippen LogP contribution in [0.5, 0.6) is 5.75 Å². The van der Waals surface area contributed by atoms with Crippen molar-refractivity contribution in [3.8, 4) is 5.75 Å². The second-order valence-electron chi connectivity index (χ2n) is 9.25. The second kappa shape index (κ2) is 18.6. The van der Waals surface area contributed by atoms with Crippen molar-refractivity contribution >= 4 is 29.7 Å². The lowest BCUT2D eigenvalue weighted by Crippen LogP contribution is -2.16. The van der Waals surface area contributed by atoms with Crippen LogP contribution in [-0.2, 0) is 4.79 Å². The molecule has 2 aromatic carbocycles. The zero-order valence-corrected chi connectivity index (χ0v) is 22.4. The van der Waals surface area contributed by atoms with Crippen LogP contribution in [0.25, 0.3) is 0 Å². The molecule has 0 aliphatic heterocycles. The molecule has 0 atom stereocenters. The third-order valence-corrected chi connectivity index (χ3v) is 6.31. The first-order valence-electron chi connectivity index (χ1n) is 13.5. The zero-order valence-electron chi connectivity index (χ0n) is 21.6. The molecule has 0 aromatic heterocycles. The van der Waals surface area contributed by atoms with Gasteiger partial charge in [0.05, 0.1) is 11.8 Å². The number of rotatable bonds is 18. The van der Waals surface area contributed by atoms with E-state index in [0.29, 0.717) is 22.8 Å². The van der Waals surface area contributed by atoms with Crippen LogP contribution in [0, 0.1) is 0 Å². The van der Waals surface area contributed by atoms with E-state index in [1.54, 1.807) is 48.7 Å². The van der Waals surface area contributed by atoms with Gasteiger partial charge in [0.25, 0.3) is 0 Å². The zero-order chi connectivity index (χ0) is 25.8. The number of nitrogens with zero attached hydrogens (tertiary/aromatic N) is 1. The molecule has 0 fully saturated rings. The van der Waals surface area contributed by atoms with E-state index in [4.69, 9.17) is 16.3 Å². The molecule has 0 unspecified atom stereocenters. The highest BCUT2D eigenvalue weighted by molar-refractivity contribution is 6.30. The minimum absolute atomic E-state index is 0.0837. The van der Waals surface area contributed by atoms with Gasteiger partial charge < -0.3 is 4.74 Å². The van der Waals surface area contributed by atoms with Crippen LogP contribution in [-0.4, -0.2) is 18.1 Å². The van der Waals surface area contributed by atoms with Gasteiger partial charge in [-0.2, -0.15) is 5.10 Å². The van der Waals surface area contributed by atoms with Crippen molar-refractivity contribution in [2.24, 2.45) is 5.10 Å². The highest BCUT2D eigenvalue weighted by atomic mass is 35.5. The summed E-state index contributed by atoms with van der Waals surface area (Å²) in [5, 5.41) is 4.59. The van der Waals surface area contributed by atoms with Crippen molar-refractivity contribution in [3.05, 3.63) is 64.7 Å². The number of hydrazone groups is 1. The molecule has 0 aliphatic carbocycles. The van der Waals surface area contributed by atoms with Crippen molar-refractivity contribution in [1.82, 2.24) is 5.43 Å². The predicted octanol–water partition coefficient (Wildman–Crippen LogP) is 8.49. The molecule has 0 bridgehead atoms. The molecule has 196 valence electrons. The third-order valence-electron chi connectivity index (χ3n) is 6.06. The maximum absolute atomic E-state index is 12.2.